The highest BCUT2D eigenvalue weighted by Gasteiger charge is 2.30. The SMILES string of the molecule is CC(C)c1ccc(C(=O)N2CCN(S(=O)(=O)c3cccc(F)c3)CC2)cc1. The minimum Gasteiger partial charge on any atom is -0.336 e. The molecule has 3 rings (SSSR count). The zero-order valence-electron chi connectivity index (χ0n) is 15.4. The molecule has 27 heavy (non-hydrogen) atoms. The maximum Gasteiger partial charge on any atom is 0.253 e. The molecule has 0 bridgehead atoms. The Morgan fingerprint density at radius 2 is 1.63 bits per heavy atom. The molecule has 0 N–H and O–H groups in total. The fourth-order valence-electron chi connectivity index (χ4n) is 3.10. The van der Waals surface area contributed by atoms with Gasteiger partial charge < -0.3 is 4.90 Å². The van der Waals surface area contributed by atoms with Crippen molar-refractivity contribution in [2.45, 2.75) is 24.7 Å². The van der Waals surface area contributed by atoms with E-state index < -0.39 is 15.8 Å². The van der Waals surface area contributed by atoms with Crippen LogP contribution in [0.3, 0.4) is 0 Å². The van der Waals surface area contributed by atoms with Crippen molar-refractivity contribution in [2.75, 3.05) is 26.2 Å². The zero-order valence-corrected chi connectivity index (χ0v) is 16.2. The smallest absolute Gasteiger partial charge is 0.253 e. The molecular formula is C20H23FN2O3S. The third-order valence-corrected chi connectivity index (χ3v) is 6.68. The van der Waals surface area contributed by atoms with Gasteiger partial charge in [0.05, 0.1) is 4.90 Å². The molecular weight excluding hydrogens is 367 g/mol. The van der Waals surface area contributed by atoms with E-state index >= 15 is 0 Å². The summed E-state index contributed by atoms with van der Waals surface area (Å²) < 4.78 is 39.9. The summed E-state index contributed by atoms with van der Waals surface area (Å²) in [5.74, 6) is -0.298. The van der Waals surface area contributed by atoms with Crippen molar-refractivity contribution in [1.29, 1.82) is 0 Å². The summed E-state index contributed by atoms with van der Waals surface area (Å²) in [4.78, 5) is 14.3. The van der Waals surface area contributed by atoms with Crippen LogP contribution in [0.15, 0.2) is 53.4 Å². The lowest BCUT2D eigenvalue weighted by Gasteiger charge is -2.34. The van der Waals surface area contributed by atoms with E-state index in [1.54, 1.807) is 4.90 Å². The molecule has 0 aliphatic carbocycles. The molecule has 0 radical (unpaired) electrons. The van der Waals surface area contributed by atoms with Crippen LogP contribution in [0.5, 0.6) is 0 Å². The molecule has 0 unspecified atom stereocenters. The molecule has 1 heterocycles. The zero-order chi connectivity index (χ0) is 19.6. The molecule has 2 aromatic carbocycles. The molecule has 1 aliphatic rings. The molecule has 5 nitrogen and oxygen atoms in total. The van der Waals surface area contributed by atoms with Crippen LogP contribution in [-0.2, 0) is 10.0 Å². The van der Waals surface area contributed by atoms with E-state index in [2.05, 4.69) is 13.8 Å². The second-order valence-electron chi connectivity index (χ2n) is 6.93. The monoisotopic (exact) mass is 390 g/mol. The lowest BCUT2D eigenvalue weighted by molar-refractivity contribution is 0.0698. The number of hydrogen-bond donors (Lipinski definition) is 0. The summed E-state index contributed by atoms with van der Waals surface area (Å²) in [5.41, 5.74) is 1.76. The second-order valence-corrected chi connectivity index (χ2v) is 8.87. The molecule has 7 heteroatoms. The van der Waals surface area contributed by atoms with Gasteiger partial charge in [-0.25, -0.2) is 12.8 Å². The molecule has 1 saturated heterocycles. The van der Waals surface area contributed by atoms with Gasteiger partial charge in [0.15, 0.2) is 0 Å². The van der Waals surface area contributed by atoms with Crippen LogP contribution < -0.4 is 0 Å². The first-order valence-corrected chi connectivity index (χ1v) is 10.4. The summed E-state index contributed by atoms with van der Waals surface area (Å²) in [6, 6.07) is 12.5. The average molecular weight is 390 g/mol. The van der Waals surface area contributed by atoms with Gasteiger partial charge in [0.1, 0.15) is 5.82 Å². The lowest BCUT2D eigenvalue weighted by Crippen LogP contribution is -2.50. The highest BCUT2D eigenvalue weighted by Crippen LogP contribution is 2.20. The van der Waals surface area contributed by atoms with Crippen molar-refractivity contribution in [3.63, 3.8) is 0 Å². The van der Waals surface area contributed by atoms with Crippen molar-refractivity contribution in [3.8, 4) is 0 Å². The topological polar surface area (TPSA) is 57.7 Å². The number of nitrogens with zero attached hydrogens (tertiary/aromatic N) is 2. The Hall–Kier alpha value is -2.25. The predicted molar refractivity (Wildman–Crippen MR) is 102 cm³/mol. The molecule has 0 atom stereocenters. The van der Waals surface area contributed by atoms with E-state index in [4.69, 9.17) is 0 Å². The van der Waals surface area contributed by atoms with Crippen LogP contribution in [-0.4, -0.2) is 49.7 Å². The standard InChI is InChI=1S/C20H23FN2O3S/c1-15(2)16-6-8-17(9-7-16)20(24)22-10-12-23(13-11-22)27(25,26)19-5-3-4-18(21)14-19/h3-9,14-15H,10-13H2,1-2H3. The lowest BCUT2D eigenvalue weighted by atomic mass is 10.0. The highest BCUT2D eigenvalue weighted by molar-refractivity contribution is 7.89. The van der Waals surface area contributed by atoms with Crippen molar-refractivity contribution >= 4 is 15.9 Å². The van der Waals surface area contributed by atoms with Crippen LogP contribution >= 0.6 is 0 Å². The van der Waals surface area contributed by atoms with Crippen molar-refractivity contribution in [3.05, 3.63) is 65.5 Å². The molecule has 144 valence electrons. The number of amides is 1. The van der Waals surface area contributed by atoms with Gasteiger partial charge in [0, 0.05) is 31.7 Å². The molecule has 0 spiro atoms. The van der Waals surface area contributed by atoms with Gasteiger partial charge >= 0.3 is 0 Å². The van der Waals surface area contributed by atoms with E-state index in [-0.39, 0.29) is 23.9 Å². The van der Waals surface area contributed by atoms with E-state index in [0.717, 1.165) is 11.6 Å². The maximum atomic E-state index is 13.4. The molecule has 0 aromatic heterocycles. The number of benzene rings is 2. The fourth-order valence-corrected chi connectivity index (χ4v) is 4.56. The number of rotatable bonds is 4. The second kappa shape index (κ2) is 7.78. The number of carbonyl (C=O) groups excluding carboxylic acids is 1. The van der Waals surface area contributed by atoms with Crippen LogP contribution in [0.25, 0.3) is 0 Å². The quantitative estimate of drug-likeness (QED) is 0.806. The van der Waals surface area contributed by atoms with Crippen LogP contribution in [0, 0.1) is 5.82 Å². The first-order valence-electron chi connectivity index (χ1n) is 8.94. The average Bonchev–Trinajstić information content (AvgIpc) is 2.67. The Morgan fingerprint density at radius 1 is 1.00 bits per heavy atom. The molecule has 1 aliphatic heterocycles. The summed E-state index contributed by atoms with van der Waals surface area (Å²) in [7, 11) is -3.76. The van der Waals surface area contributed by atoms with Gasteiger partial charge in [0.25, 0.3) is 5.91 Å². The van der Waals surface area contributed by atoms with E-state index in [1.165, 1.54) is 22.5 Å². The first-order chi connectivity index (χ1) is 12.8. The predicted octanol–water partition coefficient (Wildman–Crippen LogP) is 3.10. The summed E-state index contributed by atoms with van der Waals surface area (Å²) in [6.45, 7) is 5.17. The third kappa shape index (κ3) is 4.20. The Bertz CT molecular complexity index is 918. The molecule has 1 fully saturated rings. The minimum atomic E-state index is -3.76. The van der Waals surface area contributed by atoms with E-state index in [1.807, 2.05) is 24.3 Å². The summed E-state index contributed by atoms with van der Waals surface area (Å²) in [5, 5.41) is 0. The van der Waals surface area contributed by atoms with Gasteiger partial charge in [-0.2, -0.15) is 4.31 Å². The van der Waals surface area contributed by atoms with E-state index in [0.29, 0.717) is 24.6 Å². The van der Waals surface area contributed by atoms with Gasteiger partial charge in [-0.15, -0.1) is 0 Å². The molecule has 1 amide bonds. The number of hydrogen-bond acceptors (Lipinski definition) is 3. The molecule has 0 saturated carbocycles. The Kier molecular flexibility index (Phi) is 5.62. The van der Waals surface area contributed by atoms with Crippen LogP contribution in [0.2, 0.25) is 0 Å². The van der Waals surface area contributed by atoms with Gasteiger partial charge in [-0.1, -0.05) is 32.0 Å². The number of sulfonamides is 1. The third-order valence-electron chi connectivity index (χ3n) is 4.78. The summed E-state index contributed by atoms with van der Waals surface area (Å²) >= 11 is 0. The van der Waals surface area contributed by atoms with Crippen LogP contribution in [0.4, 0.5) is 4.39 Å². The van der Waals surface area contributed by atoms with Gasteiger partial charge in [-0.3, -0.25) is 4.79 Å². The Morgan fingerprint density at radius 3 is 2.19 bits per heavy atom. The van der Waals surface area contributed by atoms with E-state index in [9.17, 15) is 17.6 Å². The van der Waals surface area contributed by atoms with Gasteiger partial charge in [0.2, 0.25) is 10.0 Å². The van der Waals surface area contributed by atoms with Crippen LogP contribution in [0.1, 0.15) is 35.7 Å². The van der Waals surface area contributed by atoms with Crippen molar-refractivity contribution in [1.82, 2.24) is 9.21 Å². The Balaban J connectivity index is 1.67. The maximum absolute atomic E-state index is 13.4. The van der Waals surface area contributed by atoms with Gasteiger partial charge in [-0.05, 0) is 41.8 Å². The first kappa shape index (κ1) is 19.5. The number of piperazine rings is 1. The number of halogens is 1. The summed E-state index contributed by atoms with van der Waals surface area (Å²) in [6.07, 6.45) is 0. The highest BCUT2D eigenvalue weighted by atomic mass is 32.2. The minimum absolute atomic E-state index is 0.0634. The normalized spacial score (nSPS) is 15.9. The molecule has 2 aromatic rings. The number of carbonyl (C=O) groups is 1. The largest absolute Gasteiger partial charge is 0.336 e. The fraction of sp³-hybridized carbons (Fsp3) is 0.350. The van der Waals surface area contributed by atoms with Crippen molar-refractivity contribution in [2.24, 2.45) is 0 Å². The van der Waals surface area contributed by atoms with Crippen molar-refractivity contribution < 1.29 is 17.6 Å². The Labute approximate surface area is 159 Å².